The predicted molar refractivity (Wildman–Crippen MR) is 141 cm³/mol. The molecule has 5 heterocycles. The molecule has 0 saturated carbocycles. The topological polar surface area (TPSA) is 110 Å². The van der Waals surface area contributed by atoms with E-state index >= 15 is 0 Å². The number of halogens is 1. The molecule has 0 aliphatic carbocycles. The number of amides is 1. The maximum Gasteiger partial charge on any atom is 0.239 e. The fraction of sp³-hybridized carbons (Fsp3) is 0.308. The second-order valence-corrected chi connectivity index (χ2v) is 9.37. The standard InChI is InChI=1S/C26H28ClN7O2/c1-17-2-3-19(14-29-17)24-25(31-21-13-20(27)15-30-26(21)24)18-4-5-28-22(12-18)32-23(36)16-34-8-6-33(7-9-34)10-11-35/h2-5,12-15,31,35H,6-11,16H2,1H3,(H,28,32,36). The summed E-state index contributed by atoms with van der Waals surface area (Å²) in [4.78, 5) is 33.9. The number of carbonyl (C=O) groups excluding carboxylic acids is 1. The highest BCUT2D eigenvalue weighted by Gasteiger charge is 2.20. The number of nitrogens with zero attached hydrogens (tertiary/aromatic N) is 5. The molecule has 0 atom stereocenters. The lowest BCUT2D eigenvalue weighted by molar-refractivity contribution is -0.117. The molecule has 0 unspecified atom stereocenters. The van der Waals surface area contributed by atoms with Crippen molar-refractivity contribution in [2.24, 2.45) is 0 Å². The number of β-amino-alcohol motifs (C(OH)–C–C–N with tert-alkyl or cyclic N) is 1. The number of pyridine rings is 3. The minimum absolute atomic E-state index is 0.108. The first-order chi connectivity index (χ1) is 17.5. The Kier molecular flexibility index (Phi) is 7.24. The molecule has 1 aliphatic heterocycles. The van der Waals surface area contributed by atoms with Crippen LogP contribution in [0.2, 0.25) is 5.02 Å². The van der Waals surface area contributed by atoms with Crippen molar-refractivity contribution >= 4 is 34.4 Å². The summed E-state index contributed by atoms with van der Waals surface area (Å²) >= 11 is 6.21. The Morgan fingerprint density at radius 1 is 1.06 bits per heavy atom. The molecule has 4 aromatic rings. The van der Waals surface area contributed by atoms with Gasteiger partial charge in [0.25, 0.3) is 0 Å². The number of aryl methyl sites for hydroxylation is 1. The quantitative estimate of drug-likeness (QED) is 0.354. The number of aromatic nitrogens is 4. The van der Waals surface area contributed by atoms with E-state index in [0.29, 0.717) is 23.9 Å². The second kappa shape index (κ2) is 10.7. The van der Waals surface area contributed by atoms with Gasteiger partial charge in [-0.25, -0.2) is 4.98 Å². The molecular weight excluding hydrogens is 478 g/mol. The normalized spacial score (nSPS) is 14.9. The van der Waals surface area contributed by atoms with Gasteiger partial charge in [-0.15, -0.1) is 0 Å². The molecule has 9 nitrogen and oxygen atoms in total. The van der Waals surface area contributed by atoms with Crippen molar-refractivity contribution in [3.05, 3.63) is 59.6 Å². The van der Waals surface area contributed by atoms with Gasteiger partial charge in [0, 0.05) is 73.7 Å². The third-order valence-corrected chi connectivity index (χ3v) is 6.57. The Morgan fingerprint density at radius 2 is 1.86 bits per heavy atom. The number of hydrogen-bond acceptors (Lipinski definition) is 7. The Labute approximate surface area is 214 Å². The maximum atomic E-state index is 12.7. The van der Waals surface area contributed by atoms with Crippen LogP contribution in [-0.2, 0) is 4.79 Å². The lowest BCUT2D eigenvalue weighted by atomic mass is 10.0. The molecule has 0 radical (unpaired) electrons. The number of fused-ring (bicyclic) bond motifs is 1. The molecule has 0 spiro atoms. The molecule has 1 amide bonds. The zero-order valence-electron chi connectivity index (χ0n) is 20.0. The highest BCUT2D eigenvalue weighted by molar-refractivity contribution is 6.31. The molecule has 1 aliphatic rings. The third-order valence-electron chi connectivity index (χ3n) is 6.37. The van der Waals surface area contributed by atoms with E-state index in [9.17, 15) is 4.79 Å². The molecule has 10 heteroatoms. The smallest absolute Gasteiger partial charge is 0.239 e. The number of hydrogen-bond donors (Lipinski definition) is 3. The monoisotopic (exact) mass is 505 g/mol. The van der Waals surface area contributed by atoms with Gasteiger partial charge in [-0.2, -0.15) is 0 Å². The molecular formula is C26H28ClN7O2. The van der Waals surface area contributed by atoms with Crippen LogP contribution in [0.4, 0.5) is 5.82 Å². The van der Waals surface area contributed by atoms with Crippen molar-refractivity contribution < 1.29 is 9.90 Å². The van der Waals surface area contributed by atoms with Gasteiger partial charge in [-0.05, 0) is 31.2 Å². The van der Waals surface area contributed by atoms with E-state index in [1.807, 2.05) is 43.5 Å². The minimum Gasteiger partial charge on any atom is -0.395 e. The number of aromatic amines is 1. The molecule has 36 heavy (non-hydrogen) atoms. The third kappa shape index (κ3) is 5.39. The maximum absolute atomic E-state index is 12.7. The first-order valence-corrected chi connectivity index (χ1v) is 12.3. The molecule has 186 valence electrons. The summed E-state index contributed by atoms with van der Waals surface area (Å²) in [7, 11) is 0. The van der Waals surface area contributed by atoms with Gasteiger partial charge in [0.15, 0.2) is 0 Å². The first-order valence-electron chi connectivity index (χ1n) is 11.9. The second-order valence-electron chi connectivity index (χ2n) is 8.93. The van der Waals surface area contributed by atoms with Crippen LogP contribution in [0.15, 0.2) is 48.9 Å². The van der Waals surface area contributed by atoms with E-state index in [-0.39, 0.29) is 12.5 Å². The zero-order valence-corrected chi connectivity index (χ0v) is 20.8. The van der Waals surface area contributed by atoms with E-state index in [2.05, 4.69) is 35.1 Å². The van der Waals surface area contributed by atoms with Crippen molar-refractivity contribution in [3.8, 4) is 22.4 Å². The number of aliphatic hydroxyl groups excluding tert-OH is 1. The van der Waals surface area contributed by atoms with Crippen LogP contribution >= 0.6 is 11.6 Å². The van der Waals surface area contributed by atoms with Crippen LogP contribution in [-0.4, -0.2) is 86.6 Å². The molecule has 4 aromatic heterocycles. The Hall–Kier alpha value is -3.37. The number of piperazine rings is 1. The number of aliphatic hydroxyl groups is 1. The summed E-state index contributed by atoms with van der Waals surface area (Å²) in [6, 6.07) is 9.59. The van der Waals surface area contributed by atoms with E-state index in [1.165, 1.54) is 0 Å². The Bertz CT molecular complexity index is 1360. The van der Waals surface area contributed by atoms with Crippen molar-refractivity contribution in [3.63, 3.8) is 0 Å². The van der Waals surface area contributed by atoms with Crippen LogP contribution < -0.4 is 5.32 Å². The minimum atomic E-state index is -0.108. The van der Waals surface area contributed by atoms with E-state index in [0.717, 1.165) is 65.3 Å². The van der Waals surface area contributed by atoms with Gasteiger partial charge >= 0.3 is 0 Å². The van der Waals surface area contributed by atoms with Crippen molar-refractivity contribution in [2.45, 2.75) is 6.92 Å². The van der Waals surface area contributed by atoms with Crippen molar-refractivity contribution in [2.75, 3.05) is 51.2 Å². The molecule has 1 fully saturated rings. The molecule has 5 rings (SSSR count). The summed E-state index contributed by atoms with van der Waals surface area (Å²) in [5.74, 6) is 0.373. The van der Waals surface area contributed by atoms with E-state index in [1.54, 1.807) is 12.4 Å². The van der Waals surface area contributed by atoms with Gasteiger partial charge in [0.05, 0.1) is 34.9 Å². The SMILES string of the molecule is Cc1ccc(-c2c(-c3ccnc(NC(=O)CN4CCN(CCO)CC4)c3)[nH]c3cc(Cl)cnc23)cn1. The average Bonchev–Trinajstić information content (AvgIpc) is 3.24. The number of anilines is 1. The fourth-order valence-corrected chi connectivity index (χ4v) is 4.67. The highest BCUT2D eigenvalue weighted by Crippen LogP contribution is 2.38. The van der Waals surface area contributed by atoms with E-state index in [4.69, 9.17) is 16.7 Å². The van der Waals surface area contributed by atoms with Crippen LogP contribution in [0.3, 0.4) is 0 Å². The van der Waals surface area contributed by atoms with Crippen LogP contribution in [0.5, 0.6) is 0 Å². The summed E-state index contributed by atoms with van der Waals surface area (Å²) in [5.41, 5.74) is 6.10. The fourth-order valence-electron chi connectivity index (χ4n) is 4.51. The molecule has 3 N–H and O–H groups in total. The predicted octanol–water partition coefficient (Wildman–Crippen LogP) is 3.20. The average molecular weight is 506 g/mol. The van der Waals surface area contributed by atoms with Gasteiger partial charge in [0.2, 0.25) is 5.91 Å². The summed E-state index contributed by atoms with van der Waals surface area (Å²) in [5, 5.41) is 12.6. The lowest BCUT2D eigenvalue weighted by Gasteiger charge is -2.33. The van der Waals surface area contributed by atoms with Gasteiger partial charge < -0.3 is 15.4 Å². The largest absolute Gasteiger partial charge is 0.395 e. The van der Waals surface area contributed by atoms with Crippen LogP contribution in [0.1, 0.15) is 5.69 Å². The van der Waals surface area contributed by atoms with Crippen LogP contribution in [0, 0.1) is 6.92 Å². The van der Waals surface area contributed by atoms with Gasteiger partial charge in [-0.3, -0.25) is 24.6 Å². The first kappa shape index (κ1) is 24.3. The highest BCUT2D eigenvalue weighted by atomic mass is 35.5. The molecule has 1 saturated heterocycles. The number of rotatable bonds is 7. The Morgan fingerprint density at radius 3 is 2.61 bits per heavy atom. The number of carbonyl (C=O) groups is 1. The lowest BCUT2D eigenvalue weighted by Crippen LogP contribution is -2.49. The van der Waals surface area contributed by atoms with Crippen LogP contribution in [0.25, 0.3) is 33.4 Å². The summed E-state index contributed by atoms with van der Waals surface area (Å²) in [6.45, 7) is 6.35. The summed E-state index contributed by atoms with van der Waals surface area (Å²) < 4.78 is 0. The molecule has 0 aromatic carbocycles. The number of H-pyrrole nitrogens is 1. The van der Waals surface area contributed by atoms with E-state index < -0.39 is 0 Å². The van der Waals surface area contributed by atoms with Crippen molar-refractivity contribution in [1.82, 2.24) is 29.7 Å². The Balaban J connectivity index is 1.39. The van der Waals surface area contributed by atoms with Gasteiger partial charge in [0.1, 0.15) is 5.82 Å². The van der Waals surface area contributed by atoms with Gasteiger partial charge in [-0.1, -0.05) is 17.7 Å². The molecule has 0 bridgehead atoms. The van der Waals surface area contributed by atoms with Crippen molar-refractivity contribution in [1.29, 1.82) is 0 Å². The number of nitrogens with one attached hydrogen (secondary N) is 2. The summed E-state index contributed by atoms with van der Waals surface area (Å²) in [6.07, 6.45) is 5.15. The zero-order chi connectivity index (χ0) is 25.1.